The molecule has 0 spiro atoms. The summed E-state index contributed by atoms with van der Waals surface area (Å²) in [4.78, 5) is 5.30. The molecule has 13 aromatic rings. The molecule has 5 heterocycles. The third-order valence-electron chi connectivity index (χ3n) is 11.8. The number of benzene rings is 8. The molecule has 0 atom stereocenters. The molecule has 0 radical (unpaired) electrons. The second kappa shape index (κ2) is 11.4. The number of hydrogen-bond donors (Lipinski definition) is 0. The van der Waals surface area contributed by atoms with Crippen molar-refractivity contribution in [3.8, 4) is 28.2 Å². The van der Waals surface area contributed by atoms with Crippen LogP contribution in [0.25, 0.3) is 111 Å². The van der Waals surface area contributed by atoms with Gasteiger partial charge < -0.3 is 13.6 Å². The molecule has 0 bridgehead atoms. The van der Waals surface area contributed by atoms with Crippen molar-refractivity contribution < 1.29 is 4.42 Å². The molecule has 57 heavy (non-hydrogen) atoms. The number of rotatable bonds is 4. The van der Waals surface area contributed by atoms with E-state index in [9.17, 15) is 0 Å². The van der Waals surface area contributed by atoms with Crippen molar-refractivity contribution in [2.24, 2.45) is 0 Å². The Balaban J connectivity index is 0.959. The highest BCUT2D eigenvalue weighted by atomic mass is 16.3. The van der Waals surface area contributed by atoms with Gasteiger partial charge >= 0.3 is 0 Å². The Morgan fingerprint density at radius 2 is 0.895 bits per heavy atom. The van der Waals surface area contributed by atoms with Gasteiger partial charge in [0.25, 0.3) is 0 Å². The summed E-state index contributed by atoms with van der Waals surface area (Å²) in [5, 5.41) is 6.03. The first-order chi connectivity index (χ1) is 28.3. The summed E-state index contributed by atoms with van der Waals surface area (Å²) in [5.74, 6) is 0.823. The van der Waals surface area contributed by atoms with Crippen LogP contribution in [0.2, 0.25) is 0 Å². The van der Waals surface area contributed by atoms with Gasteiger partial charge in [-0.3, -0.25) is 4.40 Å². The van der Waals surface area contributed by atoms with Crippen molar-refractivity contribution in [2.45, 2.75) is 0 Å². The smallest absolute Gasteiger partial charge is 0.232 e. The van der Waals surface area contributed by atoms with Crippen molar-refractivity contribution in [1.29, 1.82) is 0 Å². The van der Waals surface area contributed by atoms with Gasteiger partial charge in [0.05, 0.1) is 38.8 Å². The van der Waals surface area contributed by atoms with Crippen LogP contribution in [0, 0.1) is 0 Å². The van der Waals surface area contributed by atoms with Crippen LogP contribution in [-0.2, 0) is 0 Å². The number of nitrogens with zero attached hydrogens (tertiary/aromatic N) is 5. The summed E-state index contributed by atoms with van der Waals surface area (Å²) in [6.07, 6.45) is 0. The Bertz CT molecular complexity index is 3690. The zero-order valence-electron chi connectivity index (χ0n) is 30.5. The molecular weight excluding hydrogens is 699 g/mol. The first kappa shape index (κ1) is 30.5. The molecule has 0 unspecified atom stereocenters. The second-order valence-corrected chi connectivity index (χ2v) is 14.8. The van der Waals surface area contributed by atoms with Crippen LogP contribution in [0.1, 0.15) is 0 Å². The molecule has 0 saturated carbocycles. The third kappa shape index (κ3) is 4.21. The average Bonchev–Trinajstić information content (AvgIpc) is 4.06. The minimum absolute atomic E-state index is 0.787. The fourth-order valence-electron chi connectivity index (χ4n) is 9.29. The molecule has 0 fully saturated rings. The van der Waals surface area contributed by atoms with E-state index in [0.29, 0.717) is 0 Å². The number of aromatic nitrogens is 5. The van der Waals surface area contributed by atoms with Crippen LogP contribution in [0.4, 0.5) is 0 Å². The van der Waals surface area contributed by atoms with E-state index < -0.39 is 0 Å². The molecule has 0 saturated heterocycles. The minimum Gasteiger partial charge on any atom is -0.437 e. The number of para-hydroxylation sites is 5. The maximum absolute atomic E-state index is 6.50. The Morgan fingerprint density at radius 3 is 1.61 bits per heavy atom. The summed E-state index contributed by atoms with van der Waals surface area (Å²) in [6, 6.07) is 67.1. The maximum Gasteiger partial charge on any atom is 0.232 e. The van der Waals surface area contributed by atoms with Gasteiger partial charge in [-0.2, -0.15) is 0 Å². The molecule has 0 aliphatic heterocycles. The van der Waals surface area contributed by atoms with Gasteiger partial charge in [0.2, 0.25) is 11.5 Å². The third-order valence-corrected chi connectivity index (χ3v) is 11.8. The first-order valence-electron chi connectivity index (χ1n) is 19.3. The molecule has 13 rings (SSSR count). The summed E-state index contributed by atoms with van der Waals surface area (Å²) in [6.45, 7) is 0. The Kier molecular flexibility index (Phi) is 6.07. The molecule has 5 aromatic heterocycles. The van der Waals surface area contributed by atoms with E-state index in [-0.39, 0.29) is 0 Å². The van der Waals surface area contributed by atoms with Gasteiger partial charge in [0.1, 0.15) is 11.1 Å². The Hall–Kier alpha value is -7.83. The van der Waals surface area contributed by atoms with E-state index in [1.54, 1.807) is 0 Å². The van der Waals surface area contributed by atoms with Crippen molar-refractivity contribution in [2.75, 3.05) is 0 Å². The molecule has 8 aromatic carbocycles. The lowest BCUT2D eigenvalue weighted by molar-refractivity contribution is 0.645. The lowest BCUT2D eigenvalue weighted by atomic mass is 10.0. The number of imidazole rings is 2. The topological polar surface area (TPSA) is 45.2 Å². The first-order valence-corrected chi connectivity index (χ1v) is 19.3. The predicted octanol–water partition coefficient (Wildman–Crippen LogP) is 13.0. The quantitative estimate of drug-likeness (QED) is 0.181. The van der Waals surface area contributed by atoms with Crippen LogP contribution in [0.15, 0.2) is 192 Å². The van der Waals surface area contributed by atoms with Gasteiger partial charge in [-0.1, -0.05) is 103 Å². The maximum atomic E-state index is 6.50. The molecule has 266 valence electrons. The van der Waals surface area contributed by atoms with Gasteiger partial charge in [-0.05, 0) is 96.1 Å². The number of furan rings is 1. The van der Waals surface area contributed by atoms with Crippen LogP contribution in [0.3, 0.4) is 0 Å². The summed E-state index contributed by atoms with van der Waals surface area (Å²) < 4.78 is 15.6. The minimum atomic E-state index is 0.787. The molecule has 0 amide bonds. The van der Waals surface area contributed by atoms with Gasteiger partial charge in [0.15, 0.2) is 0 Å². The highest BCUT2D eigenvalue weighted by molar-refractivity contribution is 6.12. The van der Waals surface area contributed by atoms with E-state index in [1.807, 2.05) is 18.2 Å². The summed E-state index contributed by atoms with van der Waals surface area (Å²) in [5.41, 5.74) is 15.0. The van der Waals surface area contributed by atoms with Gasteiger partial charge in [-0.25, -0.2) is 9.55 Å². The molecule has 6 heteroatoms. The summed E-state index contributed by atoms with van der Waals surface area (Å²) >= 11 is 0. The van der Waals surface area contributed by atoms with Crippen LogP contribution < -0.4 is 0 Å². The highest BCUT2D eigenvalue weighted by Gasteiger charge is 2.24. The van der Waals surface area contributed by atoms with Gasteiger partial charge in [-0.15, -0.1) is 0 Å². The van der Waals surface area contributed by atoms with E-state index >= 15 is 0 Å². The Labute approximate surface area is 325 Å². The normalized spacial score (nSPS) is 12.2. The molecule has 0 aliphatic carbocycles. The van der Waals surface area contributed by atoms with Crippen molar-refractivity contribution in [3.63, 3.8) is 0 Å². The van der Waals surface area contributed by atoms with Crippen LogP contribution in [0.5, 0.6) is 0 Å². The van der Waals surface area contributed by atoms with E-state index in [0.717, 1.165) is 67.1 Å². The zero-order chi connectivity index (χ0) is 37.2. The number of hydrogen-bond acceptors (Lipinski definition) is 2. The predicted molar refractivity (Wildman–Crippen MR) is 233 cm³/mol. The largest absolute Gasteiger partial charge is 0.437 e. The SMILES string of the molecule is c1ccc(-n2c3oc4ccccc4c3n3c4ccc(-n5c6ccccc6c6cc(-c7ccc(-n8c9ccccc9c9ccccc98)cc7)ccc65)cc4nc23)cc1. The van der Waals surface area contributed by atoms with Crippen molar-refractivity contribution in [1.82, 2.24) is 23.1 Å². The molecule has 0 aliphatic rings. The monoisotopic (exact) mass is 729 g/mol. The summed E-state index contributed by atoms with van der Waals surface area (Å²) in [7, 11) is 0. The average molecular weight is 730 g/mol. The Morgan fingerprint density at radius 1 is 0.368 bits per heavy atom. The van der Waals surface area contributed by atoms with E-state index in [4.69, 9.17) is 9.40 Å². The van der Waals surface area contributed by atoms with E-state index in [2.05, 4.69) is 188 Å². The van der Waals surface area contributed by atoms with Crippen LogP contribution in [-0.4, -0.2) is 23.1 Å². The fourth-order valence-corrected chi connectivity index (χ4v) is 9.29. The van der Waals surface area contributed by atoms with Crippen molar-refractivity contribution >= 4 is 82.6 Å². The zero-order valence-corrected chi connectivity index (χ0v) is 30.5. The lowest BCUT2D eigenvalue weighted by Gasteiger charge is -2.10. The lowest BCUT2D eigenvalue weighted by Crippen LogP contribution is -1.94. The molecule has 6 nitrogen and oxygen atoms in total. The van der Waals surface area contributed by atoms with Crippen LogP contribution >= 0.6 is 0 Å². The van der Waals surface area contributed by atoms with E-state index in [1.165, 1.54) is 43.7 Å². The second-order valence-electron chi connectivity index (χ2n) is 14.8. The van der Waals surface area contributed by atoms with Gasteiger partial charge in [0, 0.05) is 38.3 Å². The fraction of sp³-hybridized carbons (Fsp3) is 0. The highest BCUT2D eigenvalue weighted by Crippen LogP contribution is 2.39. The molecular formula is C51H31N5O. The number of fused-ring (bicyclic) bond motifs is 13. The standard InChI is InChI=1S/C51H31N5O/c1-2-12-34(13-3-1)55-50-49(40-17-7-11-21-48(40)57-50)56-47-29-27-36(31-42(47)52-51(55)56)54-45-20-10-6-16-39(45)41-30-33(24-28-46(41)54)32-22-25-35(26-23-32)53-43-18-8-4-14-37(43)38-15-5-9-19-44(38)53/h1-31H. The molecule has 0 N–H and O–H groups in total. The van der Waals surface area contributed by atoms with Crippen molar-refractivity contribution in [3.05, 3.63) is 188 Å².